The highest BCUT2D eigenvalue weighted by Crippen LogP contribution is 2.32. The Balaban J connectivity index is 1.18. The lowest BCUT2D eigenvalue weighted by molar-refractivity contribution is -0.141. The lowest BCUT2D eigenvalue weighted by Crippen LogP contribution is -2.39. The van der Waals surface area contributed by atoms with E-state index in [0.29, 0.717) is 37.9 Å². The Bertz CT molecular complexity index is 1780. The van der Waals surface area contributed by atoms with Crippen molar-refractivity contribution in [3.63, 3.8) is 0 Å². The largest absolute Gasteiger partial charge is 0.434 e. The highest BCUT2D eigenvalue weighted by molar-refractivity contribution is 6.30. The number of amides is 1. The zero-order chi connectivity index (χ0) is 28.0. The lowest BCUT2D eigenvalue weighted by Gasteiger charge is -2.29. The molecule has 1 saturated carbocycles. The number of imidazole rings is 1. The van der Waals surface area contributed by atoms with E-state index in [0.717, 1.165) is 34.3 Å². The summed E-state index contributed by atoms with van der Waals surface area (Å²) in [7, 11) is 0. The maximum absolute atomic E-state index is 13.7. The van der Waals surface area contributed by atoms with Gasteiger partial charge in [-0.15, -0.1) is 0 Å². The number of hydrogen-bond acceptors (Lipinski definition) is 4. The van der Waals surface area contributed by atoms with Gasteiger partial charge >= 0.3 is 11.9 Å². The van der Waals surface area contributed by atoms with Crippen molar-refractivity contribution >= 4 is 39.6 Å². The summed E-state index contributed by atoms with van der Waals surface area (Å²) in [6.45, 7) is 0.489. The van der Waals surface area contributed by atoms with Crippen LogP contribution >= 0.6 is 11.6 Å². The number of aromatic amines is 1. The Morgan fingerprint density at radius 3 is 2.55 bits per heavy atom. The lowest BCUT2D eigenvalue weighted by atomic mass is 9.85. The normalized spacial score (nSPS) is 17.9. The molecule has 1 fully saturated rings. The summed E-state index contributed by atoms with van der Waals surface area (Å²) in [6, 6.07) is 12.1. The third-order valence-corrected chi connectivity index (χ3v) is 7.68. The van der Waals surface area contributed by atoms with E-state index in [4.69, 9.17) is 11.6 Å². The van der Waals surface area contributed by atoms with Crippen molar-refractivity contribution in [2.75, 3.05) is 0 Å². The van der Waals surface area contributed by atoms with Crippen molar-refractivity contribution < 1.29 is 18.0 Å². The molecule has 12 heteroatoms. The molecule has 1 amide bonds. The molecule has 2 N–H and O–H groups in total. The molecule has 0 aliphatic heterocycles. The summed E-state index contributed by atoms with van der Waals surface area (Å²) in [5, 5.41) is 3.57. The van der Waals surface area contributed by atoms with Crippen LogP contribution in [0, 0.1) is 5.92 Å². The monoisotopic (exact) mass is 568 g/mol. The van der Waals surface area contributed by atoms with Crippen molar-refractivity contribution in [2.24, 2.45) is 5.92 Å². The number of aromatic nitrogens is 5. The summed E-state index contributed by atoms with van der Waals surface area (Å²) in [5.74, 6) is -0.688. The van der Waals surface area contributed by atoms with Gasteiger partial charge < -0.3 is 10.3 Å². The van der Waals surface area contributed by atoms with Crippen LogP contribution in [-0.2, 0) is 12.7 Å². The fourth-order valence-electron chi connectivity index (χ4n) is 5.53. The van der Waals surface area contributed by atoms with Gasteiger partial charge in [-0.3, -0.25) is 13.9 Å². The van der Waals surface area contributed by atoms with E-state index in [1.807, 2.05) is 36.4 Å². The van der Waals surface area contributed by atoms with Crippen LogP contribution in [0.4, 0.5) is 13.2 Å². The van der Waals surface area contributed by atoms with Gasteiger partial charge in [0, 0.05) is 30.4 Å². The van der Waals surface area contributed by atoms with Crippen LogP contribution < -0.4 is 11.0 Å². The van der Waals surface area contributed by atoms with E-state index in [1.165, 1.54) is 0 Å². The summed E-state index contributed by atoms with van der Waals surface area (Å²) >= 11 is 5.82. The molecule has 4 heterocycles. The molecule has 0 atom stereocenters. The Morgan fingerprint density at radius 1 is 1.05 bits per heavy atom. The fraction of sp³-hybridized carbons (Fsp3) is 0.286. The van der Waals surface area contributed by atoms with Crippen LogP contribution in [0.25, 0.3) is 27.8 Å². The number of alkyl halides is 3. The van der Waals surface area contributed by atoms with E-state index in [-0.39, 0.29) is 22.7 Å². The maximum Gasteiger partial charge on any atom is 0.434 e. The van der Waals surface area contributed by atoms with Gasteiger partial charge in [0.15, 0.2) is 5.69 Å². The Labute approximate surface area is 230 Å². The average molecular weight is 569 g/mol. The zero-order valence-electron chi connectivity index (χ0n) is 21.1. The number of halogens is 4. The molecule has 1 aromatic carbocycles. The van der Waals surface area contributed by atoms with E-state index < -0.39 is 23.3 Å². The molecule has 206 valence electrons. The number of carbonyl (C=O) groups is 1. The van der Waals surface area contributed by atoms with E-state index in [2.05, 4.69) is 20.3 Å². The van der Waals surface area contributed by atoms with Gasteiger partial charge in [0.05, 0.1) is 33.5 Å². The van der Waals surface area contributed by atoms with Crippen molar-refractivity contribution in [1.82, 2.24) is 29.4 Å². The highest BCUT2D eigenvalue weighted by Gasteiger charge is 2.38. The molecule has 0 spiro atoms. The van der Waals surface area contributed by atoms with Gasteiger partial charge in [0.1, 0.15) is 5.65 Å². The molecule has 1 aliphatic carbocycles. The first-order valence-electron chi connectivity index (χ1n) is 12.9. The van der Waals surface area contributed by atoms with E-state index >= 15 is 0 Å². The van der Waals surface area contributed by atoms with Crippen molar-refractivity contribution in [3.05, 3.63) is 87.8 Å². The second-order valence-corrected chi connectivity index (χ2v) is 10.5. The van der Waals surface area contributed by atoms with Crippen LogP contribution in [0.2, 0.25) is 5.02 Å². The number of rotatable bonds is 5. The molecule has 4 aromatic heterocycles. The topological polar surface area (TPSA) is 97.6 Å². The first-order chi connectivity index (χ1) is 19.2. The summed E-state index contributed by atoms with van der Waals surface area (Å²) < 4.78 is 43.5. The number of fused-ring (bicyclic) bond motifs is 2. The van der Waals surface area contributed by atoms with Gasteiger partial charge in [-0.2, -0.15) is 13.2 Å². The standard InChI is InChI=1S/C28H24ClF3N6O2/c29-18-12-21(24(34-13-18)28(30,31)32)26(39)36-19-7-5-16(6-8-19)15-37-22-3-1-2-4-23(22)38(27(37)40)20-11-17-9-10-33-25(17)35-14-20/h1-4,9-14,16,19H,5-8,15H2,(H,33,35)(H,36,39)/t16-,19-. The molecular weight excluding hydrogens is 545 g/mol. The molecule has 6 rings (SSSR count). The number of nitrogens with zero attached hydrogens (tertiary/aromatic N) is 4. The summed E-state index contributed by atoms with van der Waals surface area (Å²) in [4.78, 5) is 37.2. The maximum atomic E-state index is 13.7. The predicted molar refractivity (Wildman–Crippen MR) is 145 cm³/mol. The summed E-state index contributed by atoms with van der Waals surface area (Å²) in [5.41, 5.74) is 0.990. The van der Waals surface area contributed by atoms with Gasteiger partial charge in [-0.1, -0.05) is 23.7 Å². The fourth-order valence-corrected chi connectivity index (χ4v) is 5.69. The van der Waals surface area contributed by atoms with Gasteiger partial charge in [-0.25, -0.2) is 14.8 Å². The molecule has 0 saturated heterocycles. The Morgan fingerprint density at radius 2 is 1.80 bits per heavy atom. The molecule has 0 radical (unpaired) electrons. The minimum absolute atomic E-state index is 0.0461. The van der Waals surface area contributed by atoms with Gasteiger partial charge in [0.2, 0.25) is 0 Å². The minimum atomic E-state index is -4.77. The smallest absolute Gasteiger partial charge is 0.349 e. The van der Waals surface area contributed by atoms with Crippen LogP contribution in [0.1, 0.15) is 41.7 Å². The summed E-state index contributed by atoms with van der Waals surface area (Å²) in [6.07, 6.45) is 2.13. The van der Waals surface area contributed by atoms with Crippen LogP contribution in [-0.4, -0.2) is 36.0 Å². The predicted octanol–water partition coefficient (Wildman–Crippen LogP) is 5.72. The van der Waals surface area contributed by atoms with Crippen LogP contribution in [0.3, 0.4) is 0 Å². The third-order valence-electron chi connectivity index (χ3n) is 7.47. The number of pyridine rings is 2. The number of para-hydroxylation sites is 2. The zero-order valence-corrected chi connectivity index (χ0v) is 21.8. The quantitative estimate of drug-likeness (QED) is 0.283. The van der Waals surface area contributed by atoms with Crippen LogP contribution in [0.15, 0.2) is 65.8 Å². The molecule has 5 aromatic rings. The van der Waals surface area contributed by atoms with Crippen LogP contribution in [0.5, 0.6) is 0 Å². The number of carbonyl (C=O) groups excluding carboxylic acids is 1. The first kappa shape index (κ1) is 26.1. The Kier molecular flexibility index (Phi) is 6.61. The molecular formula is C28H24ClF3N6O2. The second kappa shape index (κ2) is 10.1. The third kappa shape index (κ3) is 4.85. The molecule has 8 nitrogen and oxygen atoms in total. The van der Waals surface area contributed by atoms with Gasteiger partial charge in [-0.05, 0) is 61.9 Å². The number of nitrogens with one attached hydrogen (secondary N) is 2. The second-order valence-electron chi connectivity index (χ2n) is 10.1. The van der Waals surface area contributed by atoms with E-state index in [9.17, 15) is 22.8 Å². The minimum Gasteiger partial charge on any atom is -0.349 e. The number of benzene rings is 1. The highest BCUT2D eigenvalue weighted by atomic mass is 35.5. The molecule has 40 heavy (non-hydrogen) atoms. The number of H-pyrrole nitrogens is 1. The van der Waals surface area contributed by atoms with Gasteiger partial charge in [0.25, 0.3) is 5.91 Å². The Hall–Kier alpha value is -4.12. The van der Waals surface area contributed by atoms with Crippen molar-refractivity contribution in [2.45, 2.75) is 44.4 Å². The van der Waals surface area contributed by atoms with Crippen molar-refractivity contribution in [1.29, 1.82) is 0 Å². The molecule has 0 unspecified atom stereocenters. The van der Waals surface area contributed by atoms with E-state index in [1.54, 1.807) is 21.5 Å². The first-order valence-corrected chi connectivity index (χ1v) is 13.2. The molecule has 1 aliphatic rings. The van der Waals surface area contributed by atoms with Crippen molar-refractivity contribution in [3.8, 4) is 5.69 Å². The SMILES string of the molecule is O=C(N[C@H]1CC[C@H](Cn2c(=O)n(-c3cnc4[nH]ccc4c3)c3ccccc32)CC1)c1cc(Cl)cnc1C(F)(F)F. The molecule has 0 bridgehead atoms. The number of hydrogen-bond donors (Lipinski definition) is 2. The average Bonchev–Trinajstić information content (AvgIpc) is 3.51.